The zero-order valence-electron chi connectivity index (χ0n) is 12.1. The first-order valence-corrected chi connectivity index (χ1v) is 7.28. The maximum atomic E-state index is 11.7. The number of hydrogen-bond acceptors (Lipinski definition) is 2. The van der Waals surface area contributed by atoms with E-state index < -0.39 is 0 Å². The van der Waals surface area contributed by atoms with E-state index in [1.54, 1.807) is 5.57 Å². The van der Waals surface area contributed by atoms with Crippen LogP contribution in [0.3, 0.4) is 0 Å². The van der Waals surface area contributed by atoms with Crippen LogP contribution in [0.2, 0.25) is 0 Å². The van der Waals surface area contributed by atoms with Gasteiger partial charge in [-0.3, -0.25) is 4.79 Å². The van der Waals surface area contributed by atoms with Crippen LogP contribution in [0.4, 0.5) is 0 Å². The molecule has 0 heterocycles. The number of carbonyl (C=O) groups excluding carboxylic acids is 1. The summed E-state index contributed by atoms with van der Waals surface area (Å²) in [5.74, 6) is 0.620. The molecule has 0 aromatic carbocycles. The molecular weight excluding hydrogens is 224 g/mol. The molecule has 0 saturated heterocycles. The molecule has 0 saturated carbocycles. The molecule has 1 aliphatic carbocycles. The Kier molecular flexibility index (Phi) is 7.02. The van der Waals surface area contributed by atoms with Gasteiger partial charge in [-0.2, -0.15) is 0 Å². The number of carbonyl (C=O) groups is 1. The quantitative estimate of drug-likeness (QED) is 0.684. The first kappa shape index (κ1) is 15.2. The van der Waals surface area contributed by atoms with E-state index in [0.29, 0.717) is 5.92 Å². The van der Waals surface area contributed by atoms with Crippen molar-refractivity contribution in [2.45, 2.75) is 58.9 Å². The standard InChI is InChI=1S/C15H28N2O/c1-12(2)11-17-15(18)13(3)16-10-9-14-7-5-4-6-8-14/h7,12-13,16H,4-6,8-11H2,1-3H3,(H,17,18). The molecule has 104 valence electrons. The van der Waals surface area contributed by atoms with Gasteiger partial charge >= 0.3 is 0 Å². The molecule has 0 bridgehead atoms. The fourth-order valence-corrected chi connectivity index (χ4v) is 2.13. The third-order valence-corrected chi connectivity index (χ3v) is 3.36. The minimum atomic E-state index is -0.0899. The van der Waals surface area contributed by atoms with Gasteiger partial charge in [0.1, 0.15) is 0 Å². The fourth-order valence-electron chi connectivity index (χ4n) is 2.13. The molecule has 1 aliphatic rings. The predicted molar refractivity (Wildman–Crippen MR) is 76.5 cm³/mol. The lowest BCUT2D eigenvalue weighted by molar-refractivity contribution is -0.122. The first-order chi connectivity index (χ1) is 8.59. The molecule has 0 aromatic heterocycles. The van der Waals surface area contributed by atoms with Crippen molar-refractivity contribution in [2.75, 3.05) is 13.1 Å². The van der Waals surface area contributed by atoms with Crippen molar-refractivity contribution in [3.63, 3.8) is 0 Å². The number of nitrogens with one attached hydrogen (secondary N) is 2. The van der Waals surface area contributed by atoms with Gasteiger partial charge in [-0.15, -0.1) is 0 Å². The van der Waals surface area contributed by atoms with Gasteiger partial charge in [-0.1, -0.05) is 25.5 Å². The highest BCUT2D eigenvalue weighted by Crippen LogP contribution is 2.19. The second kappa shape index (κ2) is 8.30. The summed E-state index contributed by atoms with van der Waals surface area (Å²) in [6, 6.07) is -0.0899. The molecule has 1 unspecified atom stereocenters. The second-order valence-electron chi connectivity index (χ2n) is 5.67. The van der Waals surface area contributed by atoms with Crippen LogP contribution in [-0.4, -0.2) is 25.0 Å². The maximum absolute atomic E-state index is 11.7. The molecule has 0 spiro atoms. The van der Waals surface area contributed by atoms with E-state index in [1.807, 2.05) is 6.92 Å². The van der Waals surface area contributed by atoms with Crippen LogP contribution >= 0.6 is 0 Å². The van der Waals surface area contributed by atoms with Crippen molar-refractivity contribution in [2.24, 2.45) is 5.92 Å². The summed E-state index contributed by atoms with van der Waals surface area (Å²) in [6.07, 6.45) is 8.60. The Hall–Kier alpha value is -0.830. The first-order valence-electron chi connectivity index (χ1n) is 7.28. The summed E-state index contributed by atoms with van der Waals surface area (Å²) < 4.78 is 0. The van der Waals surface area contributed by atoms with E-state index in [4.69, 9.17) is 0 Å². The van der Waals surface area contributed by atoms with Crippen LogP contribution in [0.25, 0.3) is 0 Å². The highest BCUT2D eigenvalue weighted by molar-refractivity contribution is 5.81. The number of rotatable bonds is 7. The zero-order valence-corrected chi connectivity index (χ0v) is 12.1. The highest BCUT2D eigenvalue weighted by atomic mass is 16.2. The average Bonchev–Trinajstić information content (AvgIpc) is 2.37. The third-order valence-electron chi connectivity index (χ3n) is 3.36. The van der Waals surface area contributed by atoms with Gasteiger partial charge in [0.15, 0.2) is 0 Å². The van der Waals surface area contributed by atoms with Crippen molar-refractivity contribution in [1.29, 1.82) is 0 Å². The fraction of sp³-hybridized carbons (Fsp3) is 0.800. The van der Waals surface area contributed by atoms with E-state index in [0.717, 1.165) is 19.5 Å². The van der Waals surface area contributed by atoms with Crippen LogP contribution in [0.1, 0.15) is 52.9 Å². The molecule has 0 fully saturated rings. The van der Waals surface area contributed by atoms with Gasteiger partial charge in [0, 0.05) is 6.54 Å². The SMILES string of the molecule is CC(C)CNC(=O)C(C)NCCC1=CCCCC1. The van der Waals surface area contributed by atoms with Crippen LogP contribution in [0, 0.1) is 5.92 Å². The van der Waals surface area contributed by atoms with Crippen LogP contribution in [0.15, 0.2) is 11.6 Å². The second-order valence-corrected chi connectivity index (χ2v) is 5.67. The van der Waals surface area contributed by atoms with Crippen LogP contribution in [0.5, 0.6) is 0 Å². The van der Waals surface area contributed by atoms with Crippen LogP contribution in [-0.2, 0) is 4.79 Å². The summed E-state index contributed by atoms with van der Waals surface area (Å²) >= 11 is 0. The summed E-state index contributed by atoms with van der Waals surface area (Å²) in [5, 5.41) is 6.25. The smallest absolute Gasteiger partial charge is 0.236 e. The molecule has 3 heteroatoms. The molecule has 0 aliphatic heterocycles. The van der Waals surface area contributed by atoms with Gasteiger partial charge < -0.3 is 10.6 Å². The summed E-state index contributed by atoms with van der Waals surface area (Å²) in [4.78, 5) is 11.7. The third kappa shape index (κ3) is 6.20. The minimum Gasteiger partial charge on any atom is -0.354 e. The van der Waals surface area contributed by atoms with Gasteiger partial charge in [0.05, 0.1) is 6.04 Å². The lowest BCUT2D eigenvalue weighted by Gasteiger charge is -2.17. The van der Waals surface area contributed by atoms with Gasteiger partial charge in [0.25, 0.3) is 0 Å². The van der Waals surface area contributed by atoms with Crippen molar-refractivity contribution >= 4 is 5.91 Å². The molecule has 1 amide bonds. The highest BCUT2D eigenvalue weighted by Gasteiger charge is 2.12. The largest absolute Gasteiger partial charge is 0.354 e. The van der Waals surface area contributed by atoms with Crippen molar-refractivity contribution in [3.8, 4) is 0 Å². The number of amides is 1. The lowest BCUT2D eigenvalue weighted by Crippen LogP contribution is -2.43. The Morgan fingerprint density at radius 3 is 2.72 bits per heavy atom. The molecular formula is C15H28N2O. The van der Waals surface area contributed by atoms with E-state index in [9.17, 15) is 4.79 Å². The van der Waals surface area contributed by atoms with Crippen molar-refractivity contribution in [3.05, 3.63) is 11.6 Å². The normalized spacial score (nSPS) is 17.4. The van der Waals surface area contributed by atoms with Gasteiger partial charge in [-0.05, 0) is 51.5 Å². The van der Waals surface area contributed by atoms with E-state index in [-0.39, 0.29) is 11.9 Å². The molecule has 3 nitrogen and oxygen atoms in total. The number of allylic oxidation sites excluding steroid dienone is 1. The Bertz CT molecular complexity index is 284. The average molecular weight is 252 g/mol. The van der Waals surface area contributed by atoms with Crippen molar-refractivity contribution in [1.82, 2.24) is 10.6 Å². The molecule has 1 rings (SSSR count). The Morgan fingerprint density at radius 1 is 1.33 bits per heavy atom. The number of hydrogen-bond donors (Lipinski definition) is 2. The van der Waals surface area contributed by atoms with E-state index in [1.165, 1.54) is 25.7 Å². The topological polar surface area (TPSA) is 41.1 Å². The Balaban J connectivity index is 2.13. The summed E-state index contributed by atoms with van der Waals surface area (Å²) in [7, 11) is 0. The Labute approximate surface area is 111 Å². The van der Waals surface area contributed by atoms with Gasteiger partial charge in [-0.25, -0.2) is 0 Å². The van der Waals surface area contributed by atoms with E-state index >= 15 is 0 Å². The monoisotopic (exact) mass is 252 g/mol. The zero-order chi connectivity index (χ0) is 13.4. The molecule has 0 aromatic rings. The summed E-state index contributed by atoms with van der Waals surface area (Å²) in [6.45, 7) is 7.81. The van der Waals surface area contributed by atoms with Crippen LogP contribution < -0.4 is 10.6 Å². The van der Waals surface area contributed by atoms with Gasteiger partial charge in [0.2, 0.25) is 5.91 Å². The molecule has 18 heavy (non-hydrogen) atoms. The molecule has 1 atom stereocenters. The van der Waals surface area contributed by atoms with E-state index in [2.05, 4.69) is 30.6 Å². The van der Waals surface area contributed by atoms with Crippen molar-refractivity contribution < 1.29 is 4.79 Å². The lowest BCUT2D eigenvalue weighted by atomic mass is 9.97. The molecule has 0 radical (unpaired) electrons. The minimum absolute atomic E-state index is 0.0899. The predicted octanol–water partition coefficient (Wildman–Crippen LogP) is 2.63. The molecule has 2 N–H and O–H groups in total. The maximum Gasteiger partial charge on any atom is 0.236 e. The summed E-state index contributed by atoms with van der Waals surface area (Å²) in [5.41, 5.74) is 1.56. The Morgan fingerprint density at radius 2 is 2.11 bits per heavy atom.